The number of hydrogen-bond donors (Lipinski definition) is 1. The molecular formula is C20H16ClNOS. The Labute approximate surface area is 150 Å². The first kappa shape index (κ1) is 16.6. The van der Waals surface area contributed by atoms with Gasteiger partial charge in [0.05, 0.1) is 12.1 Å². The summed E-state index contributed by atoms with van der Waals surface area (Å²) in [6, 6.07) is 25.3. The second kappa shape index (κ2) is 8.04. The highest BCUT2D eigenvalue weighted by Crippen LogP contribution is 2.33. The topological polar surface area (TPSA) is 29.1 Å². The molecule has 0 heterocycles. The fourth-order valence-corrected chi connectivity index (χ4v) is 3.44. The third-order valence-corrected chi connectivity index (χ3v) is 4.70. The predicted octanol–water partition coefficient (Wildman–Crippen LogP) is 5.67. The molecule has 2 nitrogen and oxygen atoms in total. The number of carbonyl (C=O) groups is 1. The molecular weight excluding hydrogens is 338 g/mol. The Morgan fingerprint density at radius 3 is 2.46 bits per heavy atom. The molecule has 3 rings (SSSR count). The zero-order chi connectivity index (χ0) is 16.8. The van der Waals surface area contributed by atoms with Crippen LogP contribution in [0.5, 0.6) is 0 Å². The van der Waals surface area contributed by atoms with Gasteiger partial charge in [-0.15, -0.1) is 0 Å². The van der Waals surface area contributed by atoms with Crippen LogP contribution in [0.1, 0.15) is 5.56 Å². The third kappa shape index (κ3) is 4.63. The van der Waals surface area contributed by atoms with E-state index >= 15 is 0 Å². The van der Waals surface area contributed by atoms with Crippen LogP contribution in [0, 0.1) is 0 Å². The zero-order valence-electron chi connectivity index (χ0n) is 12.9. The van der Waals surface area contributed by atoms with Crippen molar-refractivity contribution in [1.29, 1.82) is 0 Å². The highest BCUT2D eigenvalue weighted by atomic mass is 35.5. The minimum Gasteiger partial charge on any atom is -0.325 e. The summed E-state index contributed by atoms with van der Waals surface area (Å²) in [6.45, 7) is 0. The van der Waals surface area contributed by atoms with Gasteiger partial charge in [0.25, 0.3) is 0 Å². The van der Waals surface area contributed by atoms with Crippen molar-refractivity contribution in [2.24, 2.45) is 0 Å². The summed E-state index contributed by atoms with van der Waals surface area (Å²) < 4.78 is 0. The van der Waals surface area contributed by atoms with Gasteiger partial charge in [-0.25, -0.2) is 0 Å². The summed E-state index contributed by atoms with van der Waals surface area (Å²) in [7, 11) is 0. The lowest BCUT2D eigenvalue weighted by molar-refractivity contribution is -0.115. The average molecular weight is 354 g/mol. The standard InChI is InChI=1S/C20H16ClNOS/c21-16-8-6-7-15(13-16)14-20(23)22-18-11-4-5-12-19(18)24-17-9-2-1-3-10-17/h1-13H,14H2,(H,22,23). The molecule has 0 atom stereocenters. The predicted molar refractivity (Wildman–Crippen MR) is 101 cm³/mol. The molecule has 1 N–H and O–H groups in total. The third-order valence-electron chi connectivity index (χ3n) is 3.39. The number of amides is 1. The van der Waals surface area contributed by atoms with Gasteiger partial charge < -0.3 is 5.32 Å². The minimum absolute atomic E-state index is 0.0571. The zero-order valence-corrected chi connectivity index (χ0v) is 14.5. The van der Waals surface area contributed by atoms with E-state index in [0.717, 1.165) is 21.0 Å². The Bertz CT molecular complexity index is 836. The molecule has 0 aliphatic heterocycles. The van der Waals surface area contributed by atoms with Gasteiger partial charge in [0.15, 0.2) is 0 Å². The molecule has 0 aliphatic carbocycles. The maximum atomic E-state index is 12.3. The van der Waals surface area contributed by atoms with Crippen molar-refractivity contribution < 1.29 is 4.79 Å². The van der Waals surface area contributed by atoms with Crippen molar-refractivity contribution in [3.05, 3.63) is 89.4 Å². The molecule has 0 fully saturated rings. The monoisotopic (exact) mass is 353 g/mol. The lowest BCUT2D eigenvalue weighted by atomic mass is 10.1. The van der Waals surface area contributed by atoms with E-state index in [4.69, 9.17) is 11.6 Å². The fraction of sp³-hybridized carbons (Fsp3) is 0.0500. The number of halogens is 1. The average Bonchev–Trinajstić information content (AvgIpc) is 2.57. The first-order chi connectivity index (χ1) is 11.7. The van der Waals surface area contributed by atoms with Gasteiger partial charge in [-0.05, 0) is 42.0 Å². The summed E-state index contributed by atoms with van der Waals surface area (Å²) >= 11 is 7.60. The molecule has 0 bridgehead atoms. The van der Waals surface area contributed by atoms with E-state index in [0.29, 0.717) is 11.4 Å². The Morgan fingerprint density at radius 2 is 1.67 bits per heavy atom. The van der Waals surface area contributed by atoms with Gasteiger partial charge in [0.1, 0.15) is 0 Å². The minimum atomic E-state index is -0.0571. The first-order valence-electron chi connectivity index (χ1n) is 7.57. The molecule has 0 saturated carbocycles. The van der Waals surface area contributed by atoms with E-state index in [1.807, 2.05) is 60.7 Å². The van der Waals surface area contributed by atoms with Gasteiger partial charge in [0, 0.05) is 14.8 Å². The number of carbonyl (C=O) groups excluding carboxylic acids is 1. The van der Waals surface area contributed by atoms with Crippen LogP contribution in [-0.4, -0.2) is 5.91 Å². The number of rotatable bonds is 5. The largest absolute Gasteiger partial charge is 0.325 e. The second-order valence-electron chi connectivity index (χ2n) is 5.27. The Morgan fingerprint density at radius 1 is 0.917 bits per heavy atom. The maximum absolute atomic E-state index is 12.3. The van der Waals surface area contributed by atoms with E-state index in [1.54, 1.807) is 17.8 Å². The molecule has 0 aromatic heterocycles. The molecule has 4 heteroatoms. The summed E-state index contributed by atoms with van der Waals surface area (Å²) in [4.78, 5) is 14.5. The van der Waals surface area contributed by atoms with Crippen molar-refractivity contribution >= 4 is 35.0 Å². The molecule has 0 spiro atoms. The van der Waals surface area contributed by atoms with Crippen LogP contribution in [0.25, 0.3) is 0 Å². The fourth-order valence-electron chi connectivity index (χ4n) is 2.30. The van der Waals surface area contributed by atoms with Gasteiger partial charge in [-0.1, -0.05) is 65.8 Å². The van der Waals surface area contributed by atoms with Crippen LogP contribution in [0.2, 0.25) is 5.02 Å². The molecule has 120 valence electrons. The number of para-hydroxylation sites is 1. The van der Waals surface area contributed by atoms with Crippen molar-refractivity contribution in [1.82, 2.24) is 0 Å². The summed E-state index contributed by atoms with van der Waals surface area (Å²) in [5.41, 5.74) is 1.71. The molecule has 1 amide bonds. The van der Waals surface area contributed by atoms with Crippen molar-refractivity contribution in [2.75, 3.05) is 5.32 Å². The highest BCUT2D eigenvalue weighted by Gasteiger charge is 2.09. The number of anilines is 1. The normalized spacial score (nSPS) is 10.4. The van der Waals surface area contributed by atoms with Gasteiger partial charge in [-0.2, -0.15) is 0 Å². The van der Waals surface area contributed by atoms with E-state index in [9.17, 15) is 4.79 Å². The quantitative estimate of drug-likeness (QED) is 0.640. The van der Waals surface area contributed by atoms with Crippen LogP contribution in [0.15, 0.2) is 88.7 Å². The molecule has 24 heavy (non-hydrogen) atoms. The highest BCUT2D eigenvalue weighted by molar-refractivity contribution is 7.99. The molecule has 0 saturated heterocycles. The van der Waals surface area contributed by atoms with E-state index in [-0.39, 0.29) is 5.91 Å². The Hall–Kier alpha value is -2.23. The molecule has 3 aromatic rings. The van der Waals surface area contributed by atoms with Gasteiger partial charge >= 0.3 is 0 Å². The van der Waals surface area contributed by atoms with Crippen molar-refractivity contribution in [2.45, 2.75) is 16.2 Å². The maximum Gasteiger partial charge on any atom is 0.228 e. The first-order valence-corrected chi connectivity index (χ1v) is 8.76. The smallest absolute Gasteiger partial charge is 0.228 e. The van der Waals surface area contributed by atoms with Crippen LogP contribution in [0.3, 0.4) is 0 Å². The SMILES string of the molecule is O=C(Cc1cccc(Cl)c1)Nc1ccccc1Sc1ccccc1. The molecule has 0 unspecified atom stereocenters. The van der Waals surface area contributed by atoms with Crippen LogP contribution in [0.4, 0.5) is 5.69 Å². The second-order valence-corrected chi connectivity index (χ2v) is 6.82. The van der Waals surface area contributed by atoms with Gasteiger partial charge in [-0.3, -0.25) is 4.79 Å². The van der Waals surface area contributed by atoms with E-state index in [1.165, 1.54) is 0 Å². The molecule has 0 radical (unpaired) electrons. The summed E-state index contributed by atoms with van der Waals surface area (Å²) in [6.07, 6.45) is 0.297. The number of benzene rings is 3. The van der Waals surface area contributed by atoms with E-state index in [2.05, 4.69) is 17.4 Å². The van der Waals surface area contributed by atoms with Crippen LogP contribution >= 0.6 is 23.4 Å². The Balaban J connectivity index is 1.72. The van der Waals surface area contributed by atoms with Crippen molar-refractivity contribution in [3.63, 3.8) is 0 Å². The van der Waals surface area contributed by atoms with Crippen molar-refractivity contribution in [3.8, 4) is 0 Å². The molecule has 3 aromatic carbocycles. The lowest BCUT2D eigenvalue weighted by Gasteiger charge is -2.11. The van der Waals surface area contributed by atoms with Crippen LogP contribution in [-0.2, 0) is 11.2 Å². The van der Waals surface area contributed by atoms with Crippen LogP contribution < -0.4 is 5.32 Å². The number of hydrogen-bond acceptors (Lipinski definition) is 2. The Kier molecular flexibility index (Phi) is 5.57. The van der Waals surface area contributed by atoms with E-state index < -0.39 is 0 Å². The lowest BCUT2D eigenvalue weighted by Crippen LogP contribution is -2.14. The van der Waals surface area contributed by atoms with Gasteiger partial charge in [0.2, 0.25) is 5.91 Å². The summed E-state index contributed by atoms with van der Waals surface area (Å²) in [5, 5.41) is 3.64. The molecule has 0 aliphatic rings. The summed E-state index contributed by atoms with van der Waals surface area (Å²) in [5.74, 6) is -0.0571. The number of nitrogens with one attached hydrogen (secondary N) is 1.